The summed E-state index contributed by atoms with van der Waals surface area (Å²) in [5.41, 5.74) is -0.529. The van der Waals surface area contributed by atoms with Crippen LogP contribution in [0.15, 0.2) is 12.2 Å². The molecule has 1 saturated carbocycles. The van der Waals surface area contributed by atoms with Crippen LogP contribution < -0.4 is 0 Å². The van der Waals surface area contributed by atoms with Crippen molar-refractivity contribution in [2.24, 2.45) is 11.8 Å². The zero-order valence-electron chi connectivity index (χ0n) is 12.0. The molecule has 0 atom stereocenters. The molecule has 0 spiro atoms. The fraction of sp³-hybridized carbons (Fsp3) is 0.733. The Hall–Kier alpha value is -1.32. The molecule has 1 aliphatic rings. The Bertz CT molecular complexity index is 349. The van der Waals surface area contributed by atoms with Crippen molar-refractivity contribution in [3.8, 4) is 0 Å². The summed E-state index contributed by atoms with van der Waals surface area (Å²) in [5.74, 6) is -0.560. The lowest BCUT2D eigenvalue weighted by molar-refractivity contribution is -0.157. The number of rotatable bonds is 5. The fourth-order valence-corrected chi connectivity index (χ4v) is 2.78. The van der Waals surface area contributed by atoms with Gasteiger partial charge in [0.25, 0.3) is 0 Å². The molecule has 0 saturated heterocycles. The summed E-state index contributed by atoms with van der Waals surface area (Å²) in [7, 11) is 0. The Morgan fingerprint density at radius 2 is 1.79 bits per heavy atom. The number of carbonyl (C=O) groups excluding carboxylic acids is 1. The first kappa shape index (κ1) is 15.7. The van der Waals surface area contributed by atoms with E-state index in [2.05, 4.69) is 6.92 Å². The lowest BCUT2D eigenvalue weighted by atomic mass is 9.74. The third-order valence-corrected chi connectivity index (χ3v) is 4.13. The van der Waals surface area contributed by atoms with Crippen LogP contribution in [-0.2, 0) is 14.3 Å². The van der Waals surface area contributed by atoms with Crippen LogP contribution in [0.2, 0.25) is 0 Å². The van der Waals surface area contributed by atoms with Gasteiger partial charge in [0.15, 0.2) is 0 Å². The van der Waals surface area contributed by atoms with Crippen LogP contribution in [0.25, 0.3) is 0 Å². The van der Waals surface area contributed by atoms with E-state index in [9.17, 15) is 9.59 Å². The van der Waals surface area contributed by atoms with Crippen LogP contribution in [0.3, 0.4) is 0 Å². The van der Waals surface area contributed by atoms with Crippen LogP contribution in [-0.4, -0.2) is 22.6 Å². The van der Waals surface area contributed by atoms with Crippen LogP contribution in [0.5, 0.6) is 0 Å². The average Bonchev–Trinajstić information content (AvgIpc) is 2.36. The van der Waals surface area contributed by atoms with Gasteiger partial charge in [0.1, 0.15) is 5.60 Å². The zero-order chi connectivity index (χ0) is 14.5. The molecule has 0 bridgehead atoms. The average molecular weight is 268 g/mol. The van der Waals surface area contributed by atoms with Crippen LogP contribution in [0, 0.1) is 11.8 Å². The van der Waals surface area contributed by atoms with Crippen molar-refractivity contribution in [3.05, 3.63) is 12.2 Å². The molecule has 0 aliphatic heterocycles. The topological polar surface area (TPSA) is 63.6 Å². The van der Waals surface area contributed by atoms with Crippen molar-refractivity contribution in [2.45, 2.75) is 58.5 Å². The van der Waals surface area contributed by atoms with Gasteiger partial charge in [0, 0.05) is 12.2 Å². The van der Waals surface area contributed by atoms with Gasteiger partial charge < -0.3 is 9.84 Å². The van der Waals surface area contributed by atoms with Crippen molar-refractivity contribution in [1.29, 1.82) is 0 Å². The molecule has 4 heteroatoms. The summed E-state index contributed by atoms with van der Waals surface area (Å²) >= 11 is 0. The molecule has 0 heterocycles. The van der Waals surface area contributed by atoms with E-state index in [4.69, 9.17) is 9.84 Å². The minimum absolute atomic E-state index is 0.359. The van der Waals surface area contributed by atoms with Crippen LogP contribution in [0.4, 0.5) is 0 Å². The molecule has 0 unspecified atom stereocenters. The molecular formula is C15H24O4. The fourth-order valence-electron chi connectivity index (χ4n) is 2.78. The van der Waals surface area contributed by atoms with Crippen LogP contribution in [0.1, 0.15) is 52.9 Å². The van der Waals surface area contributed by atoms with E-state index in [0.29, 0.717) is 5.92 Å². The van der Waals surface area contributed by atoms with Gasteiger partial charge in [-0.1, -0.05) is 26.2 Å². The second-order valence-electron chi connectivity index (χ2n) is 5.82. The van der Waals surface area contributed by atoms with Gasteiger partial charge in [0.05, 0.1) is 0 Å². The maximum Gasteiger partial charge on any atom is 0.331 e. The van der Waals surface area contributed by atoms with E-state index in [1.54, 1.807) is 0 Å². The van der Waals surface area contributed by atoms with Gasteiger partial charge in [-0.15, -0.1) is 0 Å². The van der Waals surface area contributed by atoms with Gasteiger partial charge in [-0.3, -0.25) is 0 Å². The third-order valence-electron chi connectivity index (χ3n) is 4.13. The van der Waals surface area contributed by atoms with Crippen molar-refractivity contribution < 1.29 is 19.4 Å². The van der Waals surface area contributed by atoms with Crippen molar-refractivity contribution >= 4 is 11.9 Å². The maximum atomic E-state index is 11.6. The SMILES string of the molecule is CCC1CCC(C(C)(C)OC(=O)/C=C/C(=O)O)CC1. The summed E-state index contributed by atoms with van der Waals surface area (Å²) in [6.07, 6.45) is 7.52. The maximum absolute atomic E-state index is 11.6. The van der Waals surface area contributed by atoms with Gasteiger partial charge >= 0.3 is 11.9 Å². The van der Waals surface area contributed by atoms with Crippen molar-refractivity contribution in [2.75, 3.05) is 0 Å². The second-order valence-corrected chi connectivity index (χ2v) is 5.82. The molecule has 0 aromatic heterocycles. The van der Waals surface area contributed by atoms with E-state index in [1.165, 1.54) is 19.3 Å². The first-order valence-corrected chi connectivity index (χ1v) is 6.99. The van der Waals surface area contributed by atoms with Gasteiger partial charge in [-0.2, -0.15) is 0 Å². The quantitative estimate of drug-likeness (QED) is 0.614. The molecule has 1 aliphatic carbocycles. The highest BCUT2D eigenvalue weighted by atomic mass is 16.6. The Kier molecular flexibility index (Phi) is 5.58. The number of carboxylic acids is 1. The summed E-state index contributed by atoms with van der Waals surface area (Å²) in [6.45, 7) is 6.04. The van der Waals surface area contributed by atoms with Crippen LogP contribution >= 0.6 is 0 Å². The van der Waals surface area contributed by atoms with Gasteiger partial charge in [-0.05, 0) is 38.5 Å². The zero-order valence-corrected chi connectivity index (χ0v) is 12.0. The lowest BCUT2D eigenvalue weighted by Gasteiger charge is -2.38. The minimum atomic E-state index is -1.14. The molecule has 0 amide bonds. The van der Waals surface area contributed by atoms with Gasteiger partial charge in [0.2, 0.25) is 0 Å². The Balaban J connectivity index is 2.51. The molecule has 1 rings (SSSR count). The number of aliphatic carboxylic acids is 1. The molecule has 19 heavy (non-hydrogen) atoms. The van der Waals surface area contributed by atoms with E-state index in [0.717, 1.165) is 30.9 Å². The highest BCUT2D eigenvalue weighted by Gasteiger charge is 2.35. The van der Waals surface area contributed by atoms with E-state index < -0.39 is 17.5 Å². The normalized spacial score (nSPS) is 24.4. The largest absolute Gasteiger partial charge is 0.478 e. The Morgan fingerprint density at radius 3 is 2.26 bits per heavy atom. The Labute approximate surface area is 114 Å². The van der Waals surface area contributed by atoms with Crippen molar-refractivity contribution in [1.82, 2.24) is 0 Å². The molecular weight excluding hydrogens is 244 g/mol. The minimum Gasteiger partial charge on any atom is -0.478 e. The summed E-state index contributed by atoms with van der Waals surface area (Å²) in [5, 5.41) is 8.47. The third kappa shape index (κ3) is 5.05. The van der Waals surface area contributed by atoms with E-state index in [-0.39, 0.29) is 0 Å². The molecule has 0 aromatic carbocycles. The standard InChI is InChI=1S/C15H24O4/c1-4-11-5-7-12(8-6-11)15(2,3)19-14(18)10-9-13(16)17/h9-12H,4-8H2,1-3H3,(H,16,17)/b10-9+. The Morgan fingerprint density at radius 1 is 1.21 bits per heavy atom. The van der Waals surface area contributed by atoms with E-state index in [1.807, 2.05) is 13.8 Å². The number of hydrogen-bond acceptors (Lipinski definition) is 3. The first-order chi connectivity index (χ1) is 8.85. The molecule has 1 fully saturated rings. The number of hydrogen-bond donors (Lipinski definition) is 1. The summed E-state index contributed by atoms with van der Waals surface area (Å²) < 4.78 is 5.41. The molecule has 0 aromatic rings. The number of carbonyl (C=O) groups is 2. The summed E-state index contributed by atoms with van der Waals surface area (Å²) in [4.78, 5) is 21.9. The molecule has 108 valence electrons. The summed E-state index contributed by atoms with van der Waals surface area (Å²) in [6, 6.07) is 0. The second kappa shape index (κ2) is 6.73. The monoisotopic (exact) mass is 268 g/mol. The number of esters is 1. The first-order valence-electron chi connectivity index (χ1n) is 6.99. The molecule has 4 nitrogen and oxygen atoms in total. The number of carboxylic acid groups (broad SMARTS) is 1. The number of ether oxygens (including phenoxy) is 1. The highest BCUT2D eigenvalue weighted by molar-refractivity contribution is 5.90. The van der Waals surface area contributed by atoms with E-state index >= 15 is 0 Å². The molecule has 0 radical (unpaired) electrons. The smallest absolute Gasteiger partial charge is 0.331 e. The highest BCUT2D eigenvalue weighted by Crippen LogP contribution is 2.38. The predicted octanol–water partition coefficient (Wildman–Crippen LogP) is 3.17. The predicted molar refractivity (Wildman–Crippen MR) is 72.7 cm³/mol. The van der Waals surface area contributed by atoms with Gasteiger partial charge in [-0.25, -0.2) is 9.59 Å². The molecule has 1 N–H and O–H groups in total. The lowest BCUT2D eigenvalue weighted by Crippen LogP contribution is -2.38. The van der Waals surface area contributed by atoms with Crippen molar-refractivity contribution in [3.63, 3.8) is 0 Å².